The van der Waals surface area contributed by atoms with Crippen LogP contribution in [0.1, 0.15) is 20.3 Å². The fraction of sp³-hybridized carbons (Fsp3) is 0.909. The first-order valence-electron chi connectivity index (χ1n) is 5.80. The predicted octanol–water partition coefficient (Wildman–Crippen LogP) is -0.158. The molecule has 0 spiro atoms. The Morgan fingerprint density at radius 2 is 2.06 bits per heavy atom. The average molecular weight is 232 g/mol. The van der Waals surface area contributed by atoms with Crippen molar-refractivity contribution in [3.05, 3.63) is 0 Å². The van der Waals surface area contributed by atoms with Crippen LogP contribution in [0.15, 0.2) is 0 Å². The van der Waals surface area contributed by atoms with Crippen LogP contribution in [0.25, 0.3) is 0 Å². The van der Waals surface area contributed by atoms with Gasteiger partial charge in [-0.2, -0.15) is 0 Å². The molecule has 1 unspecified atom stereocenters. The number of hydrogen-bond acceptors (Lipinski definition) is 4. The van der Waals surface area contributed by atoms with Crippen LogP contribution < -0.4 is 5.32 Å². The maximum Gasteiger partial charge on any atom is 0.236 e. The standard InChI is InChI=1S/C11H24N2O3/c1-4-13(5-2)11(15)8-12-10(6-7-14)9-16-3/h10,12,14H,4-9H2,1-3H3. The van der Waals surface area contributed by atoms with E-state index in [2.05, 4.69) is 5.32 Å². The summed E-state index contributed by atoms with van der Waals surface area (Å²) in [5, 5.41) is 11.9. The van der Waals surface area contributed by atoms with Crippen LogP contribution in [0.5, 0.6) is 0 Å². The van der Waals surface area contributed by atoms with E-state index in [-0.39, 0.29) is 18.6 Å². The topological polar surface area (TPSA) is 61.8 Å². The lowest BCUT2D eigenvalue weighted by atomic mass is 10.2. The number of carbonyl (C=O) groups is 1. The summed E-state index contributed by atoms with van der Waals surface area (Å²) >= 11 is 0. The number of likely N-dealkylation sites (N-methyl/N-ethyl adjacent to an activating group) is 1. The zero-order valence-electron chi connectivity index (χ0n) is 10.5. The Hall–Kier alpha value is -0.650. The molecule has 5 nitrogen and oxygen atoms in total. The molecule has 96 valence electrons. The van der Waals surface area contributed by atoms with Crippen LogP contribution in [-0.2, 0) is 9.53 Å². The summed E-state index contributed by atoms with van der Waals surface area (Å²) in [5.74, 6) is 0.0871. The predicted molar refractivity (Wildman–Crippen MR) is 63.3 cm³/mol. The minimum atomic E-state index is 0.0366. The molecular weight excluding hydrogens is 208 g/mol. The highest BCUT2D eigenvalue weighted by atomic mass is 16.5. The lowest BCUT2D eigenvalue weighted by molar-refractivity contribution is -0.130. The number of carbonyl (C=O) groups excluding carboxylic acids is 1. The van der Waals surface area contributed by atoms with Gasteiger partial charge < -0.3 is 20.1 Å². The van der Waals surface area contributed by atoms with Crippen molar-refractivity contribution in [2.24, 2.45) is 0 Å². The summed E-state index contributed by atoms with van der Waals surface area (Å²) in [5.41, 5.74) is 0. The van der Waals surface area contributed by atoms with Gasteiger partial charge in [-0.25, -0.2) is 0 Å². The van der Waals surface area contributed by atoms with Gasteiger partial charge in [0, 0.05) is 32.8 Å². The minimum absolute atomic E-state index is 0.0366. The highest BCUT2D eigenvalue weighted by molar-refractivity contribution is 5.78. The van der Waals surface area contributed by atoms with Crippen LogP contribution in [0.2, 0.25) is 0 Å². The van der Waals surface area contributed by atoms with E-state index in [4.69, 9.17) is 9.84 Å². The van der Waals surface area contributed by atoms with Gasteiger partial charge in [0.25, 0.3) is 0 Å². The van der Waals surface area contributed by atoms with Crippen molar-refractivity contribution in [1.82, 2.24) is 10.2 Å². The first kappa shape index (κ1) is 15.3. The summed E-state index contributed by atoms with van der Waals surface area (Å²) in [6.45, 7) is 6.28. The molecule has 0 rings (SSSR count). The largest absolute Gasteiger partial charge is 0.396 e. The Morgan fingerprint density at radius 1 is 1.44 bits per heavy atom. The molecule has 0 saturated carbocycles. The van der Waals surface area contributed by atoms with Crippen molar-refractivity contribution in [2.45, 2.75) is 26.3 Å². The fourth-order valence-electron chi connectivity index (χ4n) is 1.52. The van der Waals surface area contributed by atoms with Crippen LogP contribution in [0.3, 0.4) is 0 Å². The van der Waals surface area contributed by atoms with Crippen molar-refractivity contribution < 1.29 is 14.6 Å². The van der Waals surface area contributed by atoms with E-state index in [1.807, 2.05) is 13.8 Å². The normalized spacial score (nSPS) is 12.5. The number of rotatable bonds is 9. The highest BCUT2D eigenvalue weighted by Gasteiger charge is 2.12. The minimum Gasteiger partial charge on any atom is -0.396 e. The number of hydrogen-bond donors (Lipinski definition) is 2. The third-order valence-corrected chi connectivity index (χ3v) is 2.50. The van der Waals surface area contributed by atoms with E-state index in [1.165, 1.54) is 0 Å². The van der Waals surface area contributed by atoms with Crippen LogP contribution in [-0.4, -0.2) is 61.9 Å². The first-order valence-corrected chi connectivity index (χ1v) is 5.80. The van der Waals surface area contributed by atoms with Gasteiger partial charge in [-0.05, 0) is 20.3 Å². The van der Waals surface area contributed by atoms with E-state index >= 15 is 0 Å². The zero-order valence-corrected chi connectivity index (χ0v) is 10.5. The van der Waals surface area contributed by atoms with Crippen molar-refractivity contribution >= 4 is 5.91 Å². The maximum absolute atomic E-state index is 11.7. The monoisotopic (exact) mass is 232 g/mol. The van der Waals surface area contributed by atoms with Crippen molar-refractivity contribution in [3.63, 3.8) is 0 Å². The molecule has 0 aliphatic heterocycles. The number of aliphatic hydroxyl groups excluding tert-OH is 1. The quantitative estimate of drug-likeness (QED) is 0.580. The van der Waals surface area contributed by atoms with Crippen LogP contribution in [0, 0.1) is 0 Å². The number of amides is 1. The second-order valence-corrected chi connectivity index (χ2v) is 3.61. The van der Waals surface area contributed by atoms with E-state index in [0.29, 0.717) is 19.6 Å². The molecular formula is C11H24N2O3. The van der Waals surface area contributed by atoms with Crippen molar-refractivity contribution in [1.29, 1.82) is 0 Å². The molecule has 1 atom stereocenters. The number of aliphatic hydroxyl groups is 1. The van der Waals surface area contributed by atoms with Gasteiger partial charge in [0.05, 0.1) is 13.2 Å². The molecule has 0 heterocycles. The second-order valence-electron chi connectivity index (χ2n) is 3.61. The van der Waals surface area contributed by atoms with Crippen molar-refractivity contribution in [3.8, 4) is 0 Å². The summed E-state index contributed by atoms with van der Waals surface area (Å²) in [6, 6.07) is 0.0366. The molecule has 0 fully saturated rings. The number of nitrogens with one attached hydrogen (secondary N) is 1. The summed E-state index contributed by atoms with van der Waals surface area (Å²) < 4.78 is 5.00. The Labute approximate surface area is 97.8 Å². The van der Waals surface area contributed by atoms with E-state index in [9.17, 15) is 4.79 Å². The van der Waals surface area contributed by atoms with Crippen LogP contribution in [0.4, 0.5) is 0 Å². The molecule has 0 aliphatic rings. The molecule has 1 amide bonds. The fourth-order valence-corrected chi connectivity index (χ4v) is 1.52. The third-order valence-electron chi connectivity index (χ3n) is 2.50. The molecule has 0 saturated heterocycles. The number of ether oxygens (including phenoxy) is 1. The van der Waals surface area contributed by atoms with Crippen LogP contribution >= 0.6 is 0 Å². The highest BCUT2D eigenvalue weighted by Crippen LogP contribution is 1.93. The summed E-state index contributed by atoms with van der Waals surface area (Å²) in [6.07, 6.45) is 0.597. The number of methoxy groups -OCH3 is 1. The Balaban J connectivity index is 3.93. The molecule has 0 radical (unpaired) electrons. The molecule has 16 heavy (non-hydrogen) atoms. The SMILES string of the molecule is CCN(CC)C(=O)CNC(CCO)COC. The van der Waals surface area contributed by atoms with Crippen molar-refractivity contribution in [2.75, 3.05) is 40.0 Å². The zero-order chi connectivity index (χ0) is 12.4. The Morgan fingerprint density at radius 3 is 2.50 bits per heavy atom. The lowest BCUT2D eigenvalue weighted by Crippen LogP contribution is -2.43. The Bertz CT molecular complexity index is 178. The van der Waals surface area contributed by atoms with Gasteiger partial charge >= 0.3 is 0 Å². The van der Waals surface area contributed by atoms with Gasteiger partial charge in [-0.1, -0.05) is 0 Å². The van der Waals surface area contributed by atoms with Gasteiger partial charge in [0.15, 0.2) is 0 Å². The average Bonchev–Trinajstić information content (AvgIpc) is 2.28. The number of nitrogens with zero attached hydrogens (tertiary/aromatic N) is 1. The van der Waals surface area contributed by atoms with Gasteiger partial charge in [0.2, 0.25) is 5.91 Å². The summed E-state index contributed by atoms with van der Waals surface area (Å²) in [4.78, 5) is 13.5. The van der Waals surface area contributed by atoms with E-state index < -0.39 is 0 Å². The van der Waals surface area contributed by atoms with Gasteiger partial charge in [0.1, 0.15) is 0 Å². The van der Waals surface area contributed by atoms with Gasteiger partial charge in [-0.15, -0.1) is 0 Å². The Kier molecular flexibility index (Phi) is 9.18. The lowest BCUT2D eigenvalue weighted by Gasteiger charge is -2.21. The second kappa shape index (κ2) is 9.57. The smallest absolute Gasteiger partial charge is 0.236 e. The maximum atomic E-state index is 11.7. The van der Waals surface area contributed by atoms with E-state index in [1.54, 1.807) is 12.0 Å². The summed E-state index contributed by atoms with van der Waals surface area (Å²) in [7, 11) is 1.61. The van der Waals surface area contributed by atoms with Gasteiger partial charge in [-0.3, -0.25) is 4.79 Å². The molecule has 0 aromatic rings. The molecule has 0 bridgehead atoms. The molecule has 2 N–H and O–H groups in total. The first-order chi connectivity index (χ1) is 7.69. The molecule has 0 aliphatic carbocycles. The molecule has 0 aromatic heterocycles. The molecule has 5 heteroatoms. The third kappa shape index (κ3) is 6.05. The molecule has 0 aromatic carbocycles. The van der Waals surface area contributed by atoms with E-state index in [0.717, 1.165) is 13.1 Å².